The van der Waals surface area contributed by atoms with Gasteiger partial charge in [0.25, 0.3) is 5.91 Å². The molecule has 19 heavy (non-hydrogen) atoms. The number of phenolic OH excluding ortho intramolecular Hbond substituents is 1. The number of carbonyl (C=O) groups is 1. The Morgan fingerprint density at radius 2 is 2.00 bits per heavy atom. The third kappa shape index (κ3) is 4.73. The van der Waals surface area contributed by atoms with Crippen molar-refractivity contribution in [1.82, 2.24) is 9.80 Å². The van der Waals surface area contributed by atoms with Gasteiger partial charge in [-0.1, -0.05) is 11.6 Å². The van der Waals surface area contributed by atoms with E-state index in [1.165, 1.54) is 12.1 Å². The number of phenols is 1. The van der Waals surface area contributed by atoms with Gasteiger partial charge in [0.2, 0.25) is 0 Å². The summed E-state index contributed by atoms with van der Waals surface area (Å²) in [5, 5.41) is 9.57. The summed E-state index contributed by atoms with van der Waals surface area (Å²) >= 11 is 5.82. The molecule has 0 aliphatic carbocycles. The Hall–Kier alpha value is -1.26. The number of rotatable bonds is 6. The summed E-state index contributed by atoms with van der Waals surface area (Å²) in [6, 6.07) is 4.55. The zero-order valence-electron chi connectivity index (χ0n) is 11.7. The molecule has 0 heterocycles. The van der Waals surface area contributed by atoms with Gasteiger partial charge in [-0.2, -0.15) is 0 Å². The van der Waals surface area contributed by atoms with E-state index < -0.39 is 0 Å². The molecule has 106 valence electrons. The molecule has 1 amide bonds. The Labute approximate surface area is 119 Å². The van der Waals surface area contributed by atoms with Crippen LogP contribution in [0.1, 0.15) is 23.7 Å². The summed E-state index contributed by atoms with van der Waals surface area (Å²) in [6.45, 7) is 4.27. The third-order valence-electron chi connectivity index (χ3n) is 2.90. The Morgan fingerprint density at radius 1 is 1.32 bits per heavy atom. The molecule has 0 aliphatic heterocycles. The number of hydrogen-bond acceptors (Lipinski definition) is 3. The summed E-state index contributed by atoms with van der Waals surface area (Å²) in [7, 11) is 4.02. The van der Waals surface area contributed by atoms with E-state index in [1.807, 2.05) is 21.0 Å². The van der Waals surface area contributed by atoms with Crippen LogP contribution in [0.3, 0.4) is 0 Å². The number of carbonyl (C=O) groups excluding carboxylic acids is 1. The van der Waals surface area contributed by atoms with E-state index in [0.29, 0.717) is 18.7 Å². The van der Waals surface area contributed by atoms with Gasteiger partial charge >= 0.3 is 0 Å². The van der Waals surface area contributed by atoms with Crippen molar-refractivity contribution < 1.29 is 9.90 Å². The molecule has 5 heteroatoms. The summed E-state index contributed by atoms with van der Waals surface area (Å²) in [5.74, 6) is -0.0583. The van der Waals surface area contributed by atoms with Gasteiger partial charge in [-0.15, -0.1) is 0 Å². The maximum atomic E-state index is 12.3. The lowest BCUT2D eigenvalue weighted by Gasteiger charge is -2.22. The number of benzene rings is 1. The average molecular weight is 285 g/mol. The first-order valence-electron chi connectivity index (χ1n) is 6.38. The molecule has 0 radical (unpaired) electrons. The molecule has 0 saturated carbocycles. The molecule has 0 aromatic heterocycles. The lowest BCUT2D eigenvalue weighted by atomic mass is 10.2. The highest BCUT2D eigenvalue weighted by Crippen LogP contribution is 2.24. The minimum absolute atomic E-state index is 0.00567. The van der Waals surface area contributed by atoms with Gasteiger partial charge in [-0.3, -0.25) is 4.79 Å². The summed E-state index contributed by atoms with van der Waals surface area (Å²) < 4.78 is 0. The Kier molecular flexibility index (Phi) is 6.12. The van der Waals surface area contributed by atoms with E-state index >= 15 is 0 Å². The average Bonchev–Trinajstić information content (AvgIpc) is 2.37. The molecule has 1 aromatic carbocycles. The van der Waals surface area contributed by atoms with E-state index in [1.54, 1.807) is 11.0 Å². The van der Waals surface area contributed by atoms with Crippen LogP contribution in [0.2, 0.25) is 5.02 Å². The molecule has 4 nitrogen and oxygen atoms in total. The second kappa shape index (κ2) is 7.36. The van der Waals surface area contributed by atoms with Crippen molar-refractivity contribution >= 4 is 17.5 Å². The normalized spacial score (nSPS) is 10.8. The van der Waals surface area contributed by atoms with Crippen molar-refractivity contribution in [1.29, 1.82) is 0 Å². The zero-order valence-corrected chi connectivity index (χ0v) is 12.4. The Bertz CT molecular complexity index is 435. The molecular weight excluding hydrogens is 264 g/mol. The first-order chi connectivity index (χ1) is 8.95. The van der Waals surface area contributed by atoms with Gasteiger partial charge in [0.05, 0.1) is 5.02 Å². The largest absolute Gasteiger partial charge is 0.506 e. The van der Waals surface area contributed by atoms with Gasteiger partial charge in [0, 0.05) is 18.7 Å². The van der Waals surface area contributed by atoms with Gasteiger partial charge in [0.15, 0.2) is 0 Å². The fourth-order valence-corrected chi connectivity index (χ4v) is 1.98. The van der Waals surface area contributed by atoms with E-state index in [4.69, 9.17) is 11.6 Å². The van der Waals surface area contributed by atoms with Crippen LogP contribution >= 0.6 is 11.6 Å². The SMILES string of the molecule is CCN(CCCN(C)C)C(=O)c1ccc(O)c(Cl)c1. The summed E-state index contributed by atoms with van der Waals surface area (Å²) in [4.78, 5) is 16.2. The molecule has 0 atom stereocenters. The molecule has 0 bridgehead atoms. The van der Waals surface area contributed by atoms with Crippen LogP contribution in [0, 0.1) is 0 Å². The predicted octanol–water partition coefficient (Wildman–Crippen LogP) is 2.46. The van der Waals surface area contributed by atoms with Crippen LogP contribution in [0.5, 0.6) is 5.75 Å². The highest BCUT2D eigenvalue weighted by atomic mass is 35.5. The van der Waals surface area contributed by atoms with Crippen LogP contribution in [0.25, 0.3) is 0 Å². The highest BCUT2D eigenvalue weighted by molar-refractivity contribution is 6.32. The minimum Gasteiger partial charge on any atom is -0.506 e. The first-order valence-corrected chi connectivity index (χ1v) is 6.76. The molecule has 1 aromatic rings. The molecule has 1 N–H and O–H groups in total. The topological polar surface area (TPSA) is 43.8 Å². The van der Waals surface area contributed by atoms with E-state index in [-0.39, 0.29) is 16.7 Å². The number of nitrogens with zero attached hydrogens (tertiary/aromatic N) is 2. The van der Waals surface area contributed by atoms with Crippen LogP contribution < -0.4 is 0 Å². The Morgan fingerprint density at radius 3 is 2.53 bits per heavy atom. The van der Waals surface area contributed by atoms with E-state index in [9.17, 15) is 9.90 Å². The van der Waals surface area contributed by atoms with Crippen molar-refractivity contribution in [3.05, 3.63) is 28.8 Å². The third-order valence-corrected chi connectivity index (χ3v) is 3.20. The zero-order chi connectivity index (χ0) is 14.4. The monoisotopic (exact) mass is 284 g/mol. The highest BCUT2D eigenvalue weighted by Gasteiger charge is 2.15. The second-order valence-corrected chi connectivity index (χ2v) is 5.12. The van der Waals surface area contributed by atoms with Crippen molar-refractivity contribution in [2.45, 2.75) is 13.3 Å². The predicted molar refractivity (Wildman–Crippen MR) is 77.9 cm³/mol. The van der Waals surface area contributed by atoms with Gasteiger partial charge in [-0.25, -0.2) is 0 Å². The molecule has 0 saturated heterocycles. The van der Waals surface area contributed by atoms with Gasteiger partial charge in [0.1, 0.15) is 5.75 Å². The molecule has 0 aliphatic rings. The second-order valence-electron chi connectivity index (χ2n) is 4.71. The van der Waals surface area contributed by atoms with Crippen LogP contribution in [0.15, 0.2) is 18.2 Å². The Balaban J connectivity index is 2.69. The number of amides is 1. The van der Waals surface area contributed by atoms with Crippen LogP contribution in [-0.4, -0.2) is 54.5 Å². The smallest absolute Gasteiger partial charge is 0.253 e. The van der Waals surface area contributed by atoms with Crippen LogP contribution in [-0.2, 0) is 0 Å². The molecule has 0 unspecified atom stereocenters. The molecule has 0 fully saturated rings. The summed E-state index contributed by atoms with van der Waals surface area (Å²) in [5.41, 5.74) is 0.509. The molecule has 0 spiro atoms. The van der Waals surface area contributed by atoms with Crippen molar-refractivity contribution in [2.75, 3.05) is 33.7 Å². The van der Waals surface area contributed by atoms with E-state index in [0.717, 1.165) is 13.0 Å². The lowest BCUT2D eigenvalue weighted by Crippen LogP contribution is -2.33. The fourth-order valence-electron chi connectivity index (χ4n) is 1.80. The maximum absolute atomic E-state index is 12.3. The van der Waals surface area contributed by atoms with Gasteiger partial charge in [-0.05, 0) is 52.2 Å². The molecular formula is C14H21ClN2O2. The number of hydrogen-bond donors (Lipinski definition) is 1. The van der Waals surface area contributed by atoms with Crippen molar-refractivity contribution in [3.63, 3.8) is 0 Å². The quantitative estimate of drug-likeness (QED) is 0.873. The van der Waals surface area contributed by atoms with E-state index in [2.05, 4.69) is 4.90 Å². The number of halogens is 1. The van der Waals surface area contributed by atoms with Crippen molar-refractivity contribution in [2.24, 2.45) is 0 Å². The number of aromatic hydroxyl groups is 1. The molecule has 1 rings (SSSR count). The summed E-state index contributed by atoms with van der Waals surface area (Å²) in [6.07, 6.45) is 0.929. The van der Waals surface area contributed by atoms with Crippen molar-refractivity contribution in [3.8, 4) is 5.75 Å². The standard InChI is InChI=1S/C14H21ClN2O2/c1-4-17(9-5-8-16(2)3)14(19)11-6-7-13(18)12(15)10-11/h6-7,10,18H,4-5,8-9H2,1-3H3. The lowest BCUT2D eigenvalue weighted by molar-refractivity contribution is 0.0759. The fraction of sp³-hybridized carbons (Fsp3) is 0.500. The van der Waals surface area contributed by atoms with Crippen LogP contribution in [0.4, 0.5) is 0 Å². The first kappa shape index (κ1) is 15.8. The maximum Gasteiger partial charge on any atom is 0.253 e. The van der Waals surface area contributed by atoms with Gasteiger partial charge < -0.3 is 14.9 Å². The minimum atomic E-state index is -0.0526.